The lowest BCUT2D eigenvalue weighted by atomic mass is 9.98. The molecule has 1 heterocycles. The van der Waals surface area contributed by atoms with Gasteiger partial charge in [0, 0.05) is 12.1 Å². The van der Waals surface area contributed by atoms with Gasteiger partial charge in [-0.05, 0) is 34.2 Å². The van der Waals surface area contributed by atoms with Crippen molar-refractivity contribution in [2.24, 2.45) is 4.99 Å². The molecule has 1 aromatic carbocycles. The van der Waals surface area contributed by atoms with Crippen LogP contribution in [0, 0.1) is 3.57 Å². The number of aliphatic imine (C=N–C) groups is 1. The van der Waals surface area contributed by atoms with Crippen LogP contribution in [0.25, 0.3) is 0 Å². The third kappa shape index (κ3) is 1.83. The number of carboxylic acid groups (broad SMARTS) is 1. The van der Waals surface area contributed by atoms with E-state index < -0.39 is 5.97 Å². The molecule has 1 aromatic rings. The molecule has 2 rings (SSSR count). The Morgan fingerprint density at radius 1 is 1.53 bits per heavy atom. The van der Waals surface area contributed by atoms with Gasteiger partial charge in [-0.25, -0.2) is 0 Å². The van der Waals surface area contributed by atoms with E-state index in [1.165, 1.54) is 0 Å². The first-order valence-corrected chi connectivity index (χ1v) is 5.45. The van der Waals surface area contributed by atoms with Gasteiger partial charge in [-0.1, -0.05) is 6.07 Å². The van der Waals surface area contributed by atoms with Gasteiger partial charge in [-0.15, -0.1) is 0 Å². The first kappa shape index (κ1) is 10.4. The molecule has 0 radical (unpaired) electrons. The predicted octanol–water partition coefficient (Wildman–Crippen LogP) is 2.27. The van der Waals surface area contributed by atoms with Crippen LogP contribution in [-0.4, -0.2) is 22.4 Å². The fraction of sp³-hybridized carbons (Fsp3) is 0.200. The number of hydrogen-bond donors (Lipinski definition) is 2. The quantitative estimate of drug-likeness (QED) is 0.822. The molecule has 0 aromatic heterocycles. The lowest BCUT2D eigenvalue weighted by Crippen LogP contribution is -2.04. The largest absolute Gasteiger partial charge is 0.505 e. The molecule has 1 aliphatic rings. The van der Waals surface area contributed by atoms with Crippen LogP contribution < -0.4 is 0 Å². The maximum atomic E-state index is 10.6. The number of rotatable bonds is 2. The Labute approximate surface area is 99.8 Å². The lowest BCUT2D eigenvalue weighted by Gasteiger charge is -2.07. The Kier molecular flexibility index (Phi) is 2.64. The third-order valence-electron chi connectivity index (χ3n) is 2.31. The summed E-state index contributed by atoms with van der Waals surface area (Å²) in [6.07, 6.45) is 1.59. The van der Waals surface area contributed by atoms with Gasteiger partial charge in [0.15, 0.2) is 5.75 Å². The summed E-state index contributed by atoms with van der Waals surface area (Å²) < 4.78 is 0.722. The zero-order chi connectivity index (χ0) is 11.0. The van der Waals surface area contributed by atoms with Crippen LogP contribution in [0.3, 0.4) is 0 Å². The van der Waals surface area contributed by atoms with Gasteiger partial charge < -0.3 is 10.2 Å². The monoisotopic (exact) mass is 317 g/mol. The number of nitrogens with zero attached hydrogens (tertiary/aromatic N) is 1. The average Bonchev–Trinajstić information content (AvgIpc) is 2.55. The van der Waals surface area contributed by atoms with E-state index in [2.05, 4.69) is 4.99 Å². The molecule has 5 heteroatoms. The van der Waals surface area contributed by atoms with E-state index in [0.29, 0.717) is 5.69 Å². The van der Waals surface area contributed by atoms with Crippen LogP contribution in [-0.2, 0) is 4.79 Å². The molecule has 0 amide bonds. The van der Waals surface area contributed by atoms with Crippen molar-refractivity contribution in [1.82, 2.24) is 0 Å². The van der Waals surface area contributed by atoms with Crippen molar-refractivity contribution >= 4 is 40.5 Å². The van der Waals surface area contributed by atoms with Gasteiger partial charge in [0.2, 0.25) is 0 Å². The number of halogens is 1. The topological polar surface area (TPSA) is 69.9 Å². The molecule has 0 bridgehead atoms. The summed E-state index contributed by atoms with van der Waals surface area (Å²) in [4.78, 5) is 14.6. The van der Waals surface area contributed by atoms with E-state index in [0.717, 1.165) is 9.13 Å². The van der Waals surface area contributed by atoms with Crippen molar-refractivity contribution in [2.75, 3.05) is 0 Å². The van der Waals surface area contributed by atoms with Crippen molar-refractivity contribution in [1.29, 1.82) is 0 Å². The highest BCUT2D eigenvalue weighted by atomic mass is 127. The van der Waals surface area contributed by atoms with Crippen molar-refractivity contribution in [3.8, 4) is 5.75 Å². The van der Waals surface area contributed by atoms with Crippen LogP contribution >= 0.6 is 22.6 Å². The van der Waals surface area contributed by atoms with E-state index in [9.17, 15) is 9.90 Å². The van der Waals surface area contributed by atoms with Crippen LogP contribution in [0.1, 0.15) is 17.9 Å². The maximum Gasteiger partial charge on any atom is 0.304 e. The normalized spacial score (nSPS) is 17.8. The molecule has 1 atom stereocenters. The minimum absolute atomic E-state index is 0.0104. The average molecular weight is 317 g/mol. The summed E-state index contributed by atoms with van der Waals surface area (Å²) >= 11 is 2.01. The fourth-order valence-corrected chi connectivity index (χ4v) is 2.04. The van der Waals surface area contributed by atoms with Gasteiger partial charge >= 0.3 is 5.97 Å². The first-order chi connectivity index (χ1) is 7.09. The van der Waals surface area contributed by atoms with Crippen molar-refractivity contribution in [3.05, 3.63) is 21.3 Å². The molecule has 1 unspecified atom stereocenters. The molecule has 15 heavy (non-hydrogen) atoms. The number of benzene rings is 1. The highest BCUT2D eigenvalue weighted by molar-refractivity contribution is 14.1. The Balaban J connectivity index is 2.40. The second-order valence-corrected chi connectivity index (χ2v) is 4.48. The Hall–Kier alpha value is -1.11. The molecule has 78 valence electrons. The molecular formula is C10H8INO3. The second kappa shape index (κ2) is 3.80. The number of carbonyl (C=O) groups is 1. The zero-order valence-corrected chi connectivity index (χ0v) is 9.80. The van der Waals surface area contributed by atoms with Gasteiger partial charge in [0.05, 0.1) is 9.99 Å². The van der Waals surface area contributed by atoms with E-state index in [4.69, 9.17) is 5.11 Å². The van der Waals surface area contributed by atoms with E-state index >= 15 is 0 Å². The molecule has 4 nitrogen and oxygen atoms in total. The minimum atomic E-state index is -0.864. The third-order valence-corrected chi connectivity index (χ3v) is 3.18. The second-order valence-electron chi connectivity index (χ2n) is 3.32. The number of aromatic hydroxyl groups is 1. The van der Waals surface area contributed by atoms with Crippen molar-refractivity contribution in [2.45, 2.75) is 12.3 Å². The molecule has 0 fully saturated rings. The molecule has 0 spiro atoms. The lowest BCUT2D eigenvalue weighted by molar-refractivity contribution is -0.137. The van der Waals surface area contributed by atoms with E-state index in [-0.39, 0.29) is 18.1 Å². The van der Waals surface area contributed by atoms with Crippen LogP contribution in [0.15, 0.2) is 17.1 Å². The van der Waals surface area contributed by atoms with Gasteiger partial charge in [-0.2, -0.15) is 0 Å². The van der Waals surface area contributed by atoms with Crippen LogP contribution in [0.2, 0.25) is 0 Å². The molecular weight excluding hydrogens is 309 g/mol. The van der Waals surface area contributed by atoms with Crippen molar-refractivity contribution in [3.63, 3.8) is 0 Å². The number of aliphatic carboxylic acids is 1. The highest BCUT2D eigenvalue weighted by Crippen LogP contribution is 2.42. The van der Waals surface area contributed by atoms with Crippen LogP contribution in [0.4, 0.5) is 5.69 Å². The van der Waals surface area contributed by atoms with Gasteiger partial charge in [0.25, 0.3) is 0 Å². The summed E-state index contributed by atoms with van der Waals surface area (Å²) in [5.74, 6) is -0.949. The van der Waals surface area contributed by atoms with E-state index in [1.807, 2.05) is 28.7 Å². The summed E-state index contributed by atoms with van der Waals surface area (Å²) in [6, 6.07) is 3.58. The van der Waals surface area contributed by atoms with E-state index in [1.54, 1.807) is 12.3 Å². The molecule has 1 aliphatic heterocycles. The Bertz CT molecular complexity index is 456. The zero-order valence-electron chi connectivity index (χ0n) is 7.64. The summed E-state index contributed by atoms with van der Waals surface area (Å²) in [5, 5.41) is 18.4. The number of carboxylic acids is 1. The number of phenolic OH excluding ortho intramolecular Hbond substituents is 1. The predicted molar refractivity (Wildman–Crippen MR) is 64.0 cm³/mol. The molecule has 2 N–H and O–H groups in total. The number of fused-ring (bicyclic) bond motifs is 1. The summed E-state index contributed by atoms with van der Waals surface area (Å²) in [7, 11) is 0. The minimum Gasteiger partial charge on any atom is -0.505 e. The van der Waals surface area contributed by atoms with Crippen molar-refractivity contribution < 1.29 is 15.0 Å². The van der Waals surface area contributed by atoms with Gasteiger partial charge in [-0.3, -0.25) is 9.79 Å². The fourth-order valence-electron chi connectivity index (χ4n) is 1.60. The smallest absolute Gasteiger partial charge is 0.304 e. The standard InChI is InChI=1S/C10H8INO3/c11-7-2-1-6-5(3-8(13)14)4-12-9(6)10(7)15/h1-2,4-5,15H,3H2,(H,13,14). The SMILES string of the molecule is O=C(O)CC1C=Nc2c1ccc(I)c2O. The Morgan fingerprint density at radius 3 is 2.93 bits per heavy atom. The molecule has 0 saturated carbocycles. The highest BCUT2D eigenvalue weighted by Gasteiger charge is 2.24. The molecule has 0 saturated heterocycles. The molecule has 0 aliphatic carbocycles. The Morgan fingerprint density at radius 2 is 2.27 bits per heavy atom. The number of phenols is 1. The summed E-state index contributed by atoms with van der Waals surface area (Å²) in [6.45, 7) is 0. The maximum absolute atomic E-state index is 10.6. The van der Waals surface area contributed by atoms with Crippen LogP contribution in [0.5, 0.6) is 5.75 Å². The van der Waals surface area contributed by atoms with Gasteiger partial charge in [0.1, 0.15) is 5.69 Å². The summed E-state index contributed by atoms with van der Waals surface area (Å²) in [5.41, 5.74) is 1.29. The number of hydrogen-bond acceptors (Lipinski definition) is 3. The first-order valence-electron chi connectivity index (χ1n) is 4.37.